The predicted octanol–water partition coefficient (Wildman–Crippen LogP) is 3.80. The van der Waals surface area contributed by atoms with E-state index in [0.29, 0.717) is 10.6 Å². The number of aromatic amines is 1. The van der Waals surface area contributed by atoms with Crippen LogP contribution in [0.2, 0.25) is 5.02 Å². The number of pyridine rings is 1. The van der Waals surface area contributed by atoms with Gasteiger partial charge in [-0.25, -0.2) is 4.98 Å². The van der Waals surface area contributed by atoms with Crippen LogP contribution in [0.5, 0.6) is 0 Å². The zero-order chi connectivity index (χ0) is 15.1. The monoisotopic (exact) mass is 311 g/mol. The maximum Gasteiger partial charge on any atom is 0.256 e. The molecule has 1 unspecified atom stereocenters. The van der Waals surface area contributed by atoms with Crippen molar-refractivity contribution in [1.29, 1.82) is 0 Å². The number of likely N-dealkylation sites (tertiary alicyclic amines) is 1. The van der Waals surface area contributed by atoms with Crippen molar-refractivity contribution in [3.05, 3.63) is 64.9 Å². The summed E-state index contributed by atoms with van der Waals surface area (Å²) < 4.78 is 0. The highest BCUT2D eigenvalue weighted by Gasteiger charge is 2.34. The molecule has 0 aliphatic carbocycles. The van der Waals surface area contributed by atoms with E-state index < -0.39 is 0 Å². The van der Waals surface area contributed by atoms with Crippen molar-refractivity contribution in [2.45, 2.75) is 12.5 Å². The standard InChI is InChI=1S/C17H14ClN3O/c18-12-5-3-11(4-6-12)15-7-9-21(15)17(22)14-10-20-16-13(14)2-1-8-19-16/h1-6,8,10,15H,7,9H2,(H,19,20). The SMILES string of the molecule is O=C(c1c[nH]c2ncccc12)N1CCC1c1ccc(Cl)cc1. The third-order valence-corrected chi connectivity index (χ3v) is 4.47. The van der Waals surface area contributed by atoms with Crippen LogP contribution in [0.3, 0.4) is 0 Å². The molecule has 1 fully saturated rings. The third kappa shape index (κ3) is 2.07. The molecule has 1 aromatic carbocycles. The highest BCUT2D eigenvalue weighted by Crippen LogP contribution is 2.35. The van der Waals surface area contributed by atoms with Crippen LogP contribution >= 0.6 is 11.6 Å². The lowest BCUT2D eigenvalue weighted by atomic mass is 9.94. The molecule has 0 saturated carbocycles. The van der Waals surface area contributed by atoms with Gasteiger partial charge in [-0.1, -0.05) is 23.7 Å². The normalized spacial score (nSPS) is 17.5. The number of carbonyl (C=O) groups is 1. The molecule has 4 nitrogen and oxygen atoms in total. The summed E-state index contributed by atoms with van der Waals surface area (Å²) in [5.41, 5.74) is 2.55. The van der Waals surface area contributed by atoms with Crippen LogP contribution in [0.4, 0.5) is 0 Å². The summed E-state index contributed by atoms with van der Waals surface area (Å²) in [5, 5.41) is 1.58. The molecule has 22 heavy (non-hydrogen) atoms. The van der Waals surface area contributed by atoms with Crippen LogP contribution < -0.4 is 0 Å². The summed E-state index contributed by atoms with van der Waals surface area (Å²) in [6, 6.07) is 11.6. The number of halogens is 1. The van der Waals surface area contributed by atoms with E-state index >= 15 is 0 Å². The van der Waals surface area contributed by atoms with Crippen LogP contribution in [-0.4, -0.2) is 27.3 Å². The Balaban J connectivity index is 1.64. The van der Waals surface area contributed by atoms with Crippen molar-refractivity contribution >= 4 is 28.5 Å². The predicted molar refractivity (Wildman–Crippen MR) is 85.9 cm³/mol. The van der Waals surface area contributed by atoms with Gasteiger partial charge in [-0.05, 0) is 36.2 Å². The molecule has 3 heterocycles. The summed E-state index contributed by atoms with van der Waals surface area (Å²) in [6.45, 7) is 0.777. The van der Waals surface area contributed by atoms with Gasteiger partial charge in [0.1, 0.15) is 5.65 Å². The Hall–Kier alpha value is -2.33. The molecular weight excluding hydrogens is 298 g/mol. The fourth-order valence-electron chi connectivity index (χ4n) is 2.95. The Morgan fingerprint density at radius 2 is 2.09 bits per heavy atom. The molecule has 1 N–H and O–H groups in total. The number of hydrogen-bond acceptors (Lipinski definition) is 2. The average molecular weight is 312 g/mol. The van der Waals surface area contributed by atoms with Crippen LogP contribution in [0.25, 0.3) is 11.0 Å². The molecule has 4 rings (SSSR count). The number of rotatable bonds is 2. The zero-order valence-corrected chi connectivity index (χ0v) is 12.5. The molecule has 2 aromatic heterocycles. The number of H-pyrrole nitrogens is 1. The molecule has 0 spiro atoms. The minimum Gasteiger partial charge on any atom is -0.345 e. The van der Waals surface area contributed by atoms with Crippen LogP contribution in [0, 0.1) is 0 Å². The first-order valence-corrected chi connectivity index (χ1v) is 7.60. The Morgan fingerprint density at radius 1 is 1.27 bits per heavy atom. The molecule has 0 bridgehead atoms. The van der Waals surface area contributed by atoms with E-state index in [-0.39, 0.29) is 11.9 Å². The third-order valence-electron chi connectivity index (χ3n) is 4.22. The second-order valence-corrected chi connectivity index (χ2v) is 5.89. The number of amides is 1. The van der Waals surface area contributed by atoms with E-state index in [1.165, 1.54) is 0 Å². The molecule has 1 saturated heterocycles. The van der Waals surface area contributed by atoms with Crippen molar-refractivity contribution in [3.63, 3.8) is 0 Å². The van der Waals surface area contributed by atoms with Crippen LogP contribution in [-0.2, 0) is 0 Å². The fourth-order valence-corrected chi connectivity index (χ4v) is 3.08. The molecule has 1 aliphatic rings. The molecule has 1 atom stereocenters. The number of nitrogens with one attached hydrogen (secondary N) is 1. The average Bonchev–Trinajstić information content (AvgIpc) is 2.92. The lowest BCUT2D eigenvalue weighted by Gasteiger charge is -2.41. The number of nitrogens with zero attached hydrogens (tertiary/aromatic N) is 2. The second-order valence-electron chi connectivity index (χ2n) is 5.46. The minimum atomic E-state index is 0.0467. The van der Waals surface area contributed by atoms with Gasteiger partial charge in [-0.2, -0.15) is 0 Å². The minimum absolute atomic E-state index is 0.0467. The maximum atomic E-state index is 12.8. The largest absolute Gasteiger partial charge is 0.345 e. The number of fused-ring (bicyclic) bond motifs is 1. The van der Waals surface area contributed by atoms with Gasteiger partial charge >= 0.3 is 0 Å². The quantitative estimate of drug-likeness (QED) is 0.782. The fraction of sp³-hybridized carbons (Fsp3) is 0.176. The smallest absolute Gasteiger partial charge is 0.256 e. The summed E-state index contributed by atoms with van der Waals surface area (Å²) in [7, 11) is 0. The van der Waals surface area contributed by atoms with Gasteiger partial charge in [-0.15, -0.1) is 0 Å². The second kappa shape index (κ2) is 5.14. The van der Waals surface area contributed by atoms with Gasteiger partial charge in [0.05, 0.1) is 11.6 Å². The summed E-state index contributed by atoms with van der Waals surface area (Å²) >= 11 is 5.93. The van der Waals surface area contributed by atoms with Gasteiger partial charge in [-0.3, -0.25) is 4.79 Å². The number of benzene rings is 1. The van der Waals surface area contributed by atoms with Crippen LogP contribution in [0.1, 0.15) is 28.4 Å². The number of carbonyl (C=O) groups excluding carboxylic acids is 1. The zero-order valence-electron chi connectivity index (χ0n) is 11.8. The molecular formula is C17H14ClN3O. The molecule has 110 valence electrons. The first-order chi connectivity index (χ1) is 10.7. The Labute approximate surface area is 132 Å². The summed E-state index contributed by atoms with van der Waals surface area (Å²) in [4.78, 5) is 22.0. The lowest BCUT2D eigenvalue weighted by Crippen LogP contribution is -2.45. The Morgan fingerprint density at radius 3 is 2.82 bits per heavy atom. The van der Waals surface area contributed by atoms with E-state index in [1.54, 1.807) is 12.4 Å². The van der Waals surface area contributed by atoms with Crippen molar-refractivity contribution in [3.8, 4) is 0 Å². The van der Waals surface area contributed by atoms with E-state index in [4.69, 9.17) is 11.6 Å². The molecule has 3 aromatic rings. The molecule has 0 radical (unpaired) electrons. The van der Waals surface area contributed by atoms with Gasteiger partial charge in [0.15, 0.2) is 0 Å². The van der Waals surface area contributed by atoms with Gasteiger partial charge in [0.2, 0.25) is 0 Å². The summed E-state index contributed by atoms with van der Waals surface area (Å²) in [6.07, 6.45) is 4.44. The molecule has 5 heteroatoms. The molecule has 1 aliphatic heterocycles. The van der Waals surface area contributed by atoms with Gasteiger partial charge in [0.25, 0.3) is 5.91 Å². The van der Waals surface area contributed by atoms with Crippen molar-refractivity contribution in [1.82, 2.24) is 14.9 Å². The molecule has 1 amide bonds. The first kappa shape index (κ1) is 13.3. The Bertz CT molecular complexity index is 840. The van der Waals surface area contributed by atoms with Gasteiger partial charge < -0.3 is 9.88 Å². The topological polar surface area (TPSA) is 49.0 Å². The number of aromatic nitrogens is 2. The van der Waals surface area contributed by atoms with Crippen molar-refractivity contribution in [2.75, 3.05) is 6.54 Å². The maximum absolute atomic E-state index is 12.8. The van der Waals surface area contributed by atoms with Crippen molar-refractivity contribution < 1.29 is 4.79 Å². The van der Waals surface area contributed by atoms with E-state index in [0.717, 1.165) is 29.6 Å². The summed E-state index contributed by atoms with van der Waals surface area (Å²) in [5.74, 6) is 0.0467. The van der Waals surface area contributed by atoms with E-state index in [9.17, 15) is 4.79 Å². The van der Waals surface area contributed by atoms with E-state index in [2.05, 4.69) is 9.97 Å². The Kier molecular flexibility index (Phi) is 3.12. The highest BCUT2D eigenvalue weighted by atomic mass is 35.5. The van der Waals surface area contributed by atoms with Gasteiger partial charge in [0, 0.05) is 29.3 Å². The van der Waals surface area contributed by atoms with Crippen LogP contribution in [0.15, 0.2) is 48.8 Å². The first-order valence-electron chi connectivity index (χ1n) is 7.22. The number of hydrogen-bond donors (Lipinski definition) is 1. The van der Waals surface area contributed by atoms with E-state index in [1.807, 2.05) is 41.3 Å². The lowest BCUT2D eigenvalue weighted by molar-refractivity contribution is 0.0462. The van der Waals surface area contributed by atoms with Crippen molar-refractivity contribution in [2.24, 2.45) is 0 Å². The highest BCUT2D eigenvalue weighted by molar-refractivity contribution is 6.30.